The molecule has 3 aromatic rings. The number of hydrogen-bond acceptors (Lipinski definition) is 2. The SMILES string of the molecule is CCCCCCCCC1(CCCCCCCC)c2cc3c(cc2-c2sc(Br)cc21)C(CCCCCCCC)(CCCCCCCC)c1cc(Br)sc1-3. The van der Waals surface area contributed by atoms with E-state index in [4.69, 9.17) is 0 Å². The van der Waals surface area contributed by atoms with Crippen LogP contribution in [0, 0.1) is 0 Å². The molecule has 0 atom stereocenters. The Bertz CT molecular complexity index is 1350. The summed E-state index contributed by atoms with van der Waals surface area (Å²) in [6, 6.07) is 10.7. The van der Waals surface area contributed by atoms with Gasteiger partial charge in [0.1, 0.15) is 0 Å². The average molecular weight is 873 g/mol. The van der Waals surface area contributed by atoms with Crippen LogP contribution < -0.4 is 0 Å². The van der Waals surface area contributed by atoms with E-state index in [-0.39, 0.29) is 10.8 Å². The summed E-state index contributed by atoms with van der Waals surface area (Å²) in [5.74, 6) is 0. The average Bonchev–Trinajstić information content (AvgIpc) is 3.85. The van der Waals surface area contributed by atoms with E-state index in [1.807, 2.05) is 22.7 Å². The summed E-state index contributed by atoms with van der Waals surface area (Å²) in [6.45, 7) is 9.36. The number of halogens is 2. The molecule has 290 valence electrons. The van der Waals surface area contributed by atoms with Crippen LogP contribution in [-0.4, -0.2) is 0 Å². The van der Waals surface area contributed by atoms with Gasteiger partial charge in [-0.1, -0.05) is 182 Å². The summed E-state index contributed by atoms with van der Waals surface area (Å²) < 4.78 is 2.65. The van der Waals surface area contributed by atoms with Crippen molar-refractivity contribution in [3.8, 4) is 20.9 Å². The van der Waals surface area contributed by atoms with E-state index >= 15 is 0 Å². The van der Waals surface area contributed by atoms with Gasteiger partial charge in [0.05, 0.1) is 7.57 Å². The summed E-state index contributed by atoms with van der Waals surface area (Å²) in [5.41, 5.74) is 10.2. The van der Waals surface area contributed by atoms with Gasteiger partial charge >= 0.3 is 0 Å². The van der Waals surface area contributed by atoms with E-state index in [1.54, 1.807) is 43.1 Å². The third-order valence-electron chi connectivity index (χ3n) is 12.9. The summed E-state index contributed by atoms with van der Waals surface area (Å²) >= 11 is 12.1. The first-order valence-corrected chi connectivity index (χ1v) is 25.5. The van der Waals surface area contributed by atoms with Gasteiger partial charge in [-0.05, 0) is 115 Å². The lowest BCUT2D eigenvalue weighted by molar-refractivity contribution is 0.395. The Morgan fingerprint density at radius 2 is 0.635 bits per heavy atom. The predicted molar refractivity (Wildman–Crippen MR) is 242 cm³/mol. The molecule has 1 aromatic carbocycles. The molecule has 0 saturated heterocycles. The molecule has 0 spiro atoms. The van der Waals surface area contributed by atoms with Crippen LogP contribution in [0.3, 0.4) is 0 Å². The molecule has 0 saturated carbocycles. The van der Waals surface area contributed by atoms with Crippen LogP contribution in [-0.2, 0) is 10.8 Å². The molecule has 0 aliphatic heterocycles. The molecule has 2 aromatic heterocycles. The normalized spacial score (nSPS) is 14.9. The third-order valence-corrected chi connectivity index (χ3v) is 16.3. The van der Waals surface area contributed by atoms with Gasteiger partial charge in [0.25, 0.3) is 0 Å². The fourth-order valence-electron chi connectivity index (χ4n) is 10.0. The van der Waals surface area contributed by atoms with Crippen molar-refractivity contribution in [1.29, 1.82) is 0 Å². The van der Waals surface area contributed by atoms with E-state index in [2.05, 4.69) is 83.8 Å². The van der Waals surface area contributed by atoms with Gasteiger partial charge in [-0.3, -0.25) is 0 Å². The summed E-state index contributed by atoms with van der Waals surface area (Å²) in [5, 5.41) is 0. The lowest BCUT2D eigenvalue weighted by Gasteiger charge is -2.34. The fraction of sp³-hybridized carbons (Fsp3) is 0.708. The van der Waals surface area contributed by atoms with Crippen molar-refractivity contribution in [2.45, 2.75) is 218 Å². The van der Waals surface area contributed by atoms with E-state index in [1.165, 1.54) is 187 Å². The van der Waals surface area contributed by atoms with Crippen molar-refractivity contribution in [2.75, 3.05) is 0 Å². The van der Waals surface area contributed by atoms with E-state index in [0.29, 0.717) is 0 Å². The highest BCUT2D eigenvalue weighted by molar-refractivity contribution is 9.11. The number of fused-ring (bicyclic) bond motifs is 6. The molecule has 0 N–H and O–H groups in total. The fourth-order valence-corrected chi connectivity index (χ4v) is 13.5. The first kappa shape index (κ1) is 42.7. The van der Waals surface area contributed by atoms with Crippen molar-refractivity contribution < 1.29 is 0 Å². The van der Waals surface area contributed by atoms with Crippen LogP contribution in [0.4, 0.5) is 0 Å². The minimum Gasteiger partial charge on any atom is -0.128 e. The smallest absolute Gasteiger partial charge is 0.0708 e. The molecular formula is C48H72Br2S2. The maximum absolute atomic E-state index is 4.03. The van der Waals surface area contributed by atoms with Gasteiger partial charge in [-0.2, -0.15) is 0 Å². The van der Waals surface area contributed by atoms with Gasteiger partial charge in [0.15, 0.2) is 0 Å². The van der Waals surface area contributed by atoms with Gasteiger partial charge in [0.2, 0.25) is 0 Å². The van der Waals surface area contributed by atoms with Crippen molar-refractivity contribution in [3.63, 3.8) is 0 Å². The van der Waals surface area contributed by atoms with Crippen LogP contribution in [0.15, 0.2) is 31.8 Å². The highest BCUT2D eigenvalue weighted by Crippen LogP contribution is 2.64. The second-order valence-electron chi connectivity index (χ2n) is 16.8. The molecule has 4 heteroatoms. The summed E-state index contributed by atoms with van der Waals surface area (Å²) in [4.78, 5) is 3.18. The number of benzene rings is 1. The first-order valence-electron chi connectivity index (χ1n) is 22.2. The summed E-state index contributed by atoms with van der Waals surface area (Å²) in [7, 11) is 0. The predicted octanol–water partition coefficient (Wildman–Crippen LogP) is 18.9. The molecule has 2 heterocycles. The van der Waals surface area contributed by atoms with Crippen LogP contribution in [0.1, 0.15) is 230 Å². The summed E-state index contributed by atoms with van der Waals surface area (Å²) in [6.07, 6.45) is 38.1. The molecule has 5 rings (SSSR count). The standard InChI is InChI=1S/C48H72Br2S2/c1-5-9-13-17-21-25-29-47(30-26-22-18-14-10-6-2)39-33-38-40(34-37(39)45-41(47)35-43(49)51-45)48(31-27-23-19-15-11-7-3,32-28-24-20-16-12-8-4)42-36-44(50)52-46(38)42/h33-36H,5-32H2,1-4H3. The minimum atomic E-state index is 0.149. The lowest BCUT2D eigenvalue weighted by atomic mass is 9.68. The van der Waals surface area contributed by atoms with E-state index in [0.717, 1.165) is 0 Å². The largest absolute Gasteiger partial charge is 0.128 e. The maximum Gasteiger partial charge on any atom is 0.0708 e. The van der Waals surface area contributed by atoms with E-state index < -0.39 is 0 Å². The van der Waals surface area contributed by atoms with Crippen molar-refractivity contribution >= 4 is 54.5 Å². The van der Waals surface area contributed by atoms with Crippen molar-refractivity contribution in [3.05, 3.63) is 54.1 Å². The quantitative estimate of drug-likeness (QED) is 0.0638. The minimum absolute atomic E-state index is 0.149. The number of hydrogen-bond donors (Lipinski definition) is 0. The second kappa shape index (κ2) is 21.8. The molecular weight excluding hydrogens is 800 g/mol. The van der Waals surface area contributed by atoms with Crippen LogP contribution in [0.2, 0.25) is 0 Å². The Hall–Kier alpha value is -0.420. The molecule has 0 amide bonds. The van der Waals surface area contributed by atoms with Gasteiger partial charge in [0, 0.05) is 20.6 Å². The van der Waals surface area contributed by atoms with Crippen molar-refractivity contribution in [1.82, 2.24) is 0 Å². The van der Waals surface area contributed by atoms with Crippen LogP contribution >= 0.6 is 54.5 Å². The third kappa shape index (κ3) is 10.1. The Kier molecular flexibility index (Phi) is 17.9. The Morgan fingerprint density at radius 3 is 0.923 bits per heavy atom. The lowest BCUT2D eigenvalue weighted by Crippen LogP contribution is -2.27. The number of thiophene rings is 2. The molecule has 0 radical (unpaired) electrons. The Morgan fingerprint density at radius 1 is 0.365 bits per heavy atom. The van der Waals surface area contributed by atoms with Crippen LogP contribution in [0.5, 0.6) is 0 Å². The molecule has 0 nitrogen and oxygen atoms in total. The molecule has 0 unspecified atom stereocenters. The van der Waals surface area contributed by atoms with Gasteiger partial charge in [-0.15, -0.1) is 22.7 Å². The molecule has 2 aliphatic carbocycles. The second-order valence-corrected chi connectivity index (χ2v) is 21.6. The zero-order valence-corrected chi connectivity index (χ0v) is 38.5. The van der Waals surface area contributed by atoms with Crippen molar-refractivity contribution in [2.24, 2.45) is 0 Å². The highest BCUT2D eigenvalue weighted by Gasteiger charge is 2.49. The zero-order valence-electron chi connectivity index (χ0n) is 33.7. The van der Waals surface area contributed by atoms with Crippen LogP contribution in [0.25, 0.3) is 20.9 Å². The highest BCUT2D eigenvalue weighted by atomic mass is 79.9. The van der Waals surface area contributed by atoms with Gasteiger partial charge < -0.3 is 0 Å². The first-order chi connectivity index (χ1) is 25.5. The number of rotatable bonds is 28. The zero-order chi connectivity index (χ0) is 36.8. The number of unbranched alkanes of at least 4 members (excludes halogenated alkanes) is 20. The molecule has 0 fully saturated rings. The topological polar surface area (TPSA) is 0 Å². The monoisotopic (exact) mass is 870 g/mol. The molecule has 2 aliphatic rings. The maximum atomic E-state index is 4.03. The Balaban J connectivity index is 1.54. The van der Waals surface area contributed by atoms with E-state index in [9.17, 15) is 0 Å². The molecule has 52 heavy (non-hydrogen) atoms. The van der Waals surface area contributed by atoms with Gasteiger partial charge in [-0.25, -0.2) is 0 Å². The Labute approximate surface area is 345 Å². The molecule has 0 bridgehead atoms.